The Morgan fingerprint density at radius 1 is 0.981 bits per heavy atom. The number of sulfonamides is 1. The molecule has 0 spiro atoms. The van der Waals surface area contributed by atoms with E-state index in [0.29, 0.717) is 22.7 Å². The number of alkyl halides is 3. The van der Waals surface area contributed by atoms with Crippen LogP contribution in [0.4, 0.5) is 18.9 Å². The van der Waals surface area contributed by atoms with Crippen LogP contribution in [0.1, 0.15) is 36.0 Å². The van der Waals surface area contributed by atoms with Crippen LogP contribution >= 0.6 is 11.6 Å². The van der Waals surface area contributed by atoms with Crippen molar-refractivity contribution in [1.82, 2.24) is 14.7 Å². The van der Waals surface area contributed by atoms with E-state index >= 15 is 4.79 Å². The van der Waals surface area contributed by atoms with E-state index in [9.17, 15) is 36.3 Å². The van der Waals surface area contributed by atoms with Gasteiger partial charge in [-0.25, -0.2) is 12.7 Å². The average molecular weight is 783 g/mol. The van der Waals surface area contributed by atoms with Crippen molar-refractivity contribution in [3.05, 3.63) is 76.3 Å². The van der Waals surface area contributed by atoms with Gasteiger partial charge in [0.05, 0.1) is 32.5 Å². The van der Waals surface area contributed by atoms with Crippen molar-refractivity contribution < 1.29 is 55.3 Å². The molecule has 3 aromatic rings. The maximum atomic E-state index is 15.6. The first-order valence-corrected chi connectivity index (χ1v) is 18.1. The lowest BCUT2D eigenvalue weighted by Crippen LogP contribution is -2.62. The smallest absolute Gasteiger partial charge is 0.497 e. The van der Waals surface area contributed by atoms with Crippen molar-refractivity contribution in [3.8, 4) is 17.2 Å². The molecule has 0 aromatic heterocycles. The fraction of sp³-hybridized carbons (Fsp3) is 0.400. The molecule has 1 unspecified atom stereocenters. The van der Waals surface area contributed by atoms with Crippen LogP contribution in [0.15, 0.2) is 59.5 Å². The Labute approximate surface area is 309 Å². The highest BCUT2D eigenvalue weighted by Crippen LogP contribution is 2.55. The molecule has 1 fully saturated rings. The Morgan fingerprint density at radius 2 is 1.70 bits per heavy atom. The zero-order valence-electron chi connectivity index (χ0n) is 29.4. The summed E-state index contributed by atoms with van der Waals surface area (Å²) in [5.74, 6) is -3.78. The Hall–Kier alpha value is -4.58. The first-order chi connectivity index (χ1) is 24.9. The van der Waals surface area contributed by atoms with Crippen molar-refractivity contribution in [2.24, 2.45) is 0 Å². The molecule has 0 aliphatic carbocycles. The second-order valence-corrected chi connectivity index (χ2v) is 15.0. The Kier molecular flexibility index (Phi) is 11.2. The van der Waals surface area contributed by atoms with E-state index in [-0.39, 0.29) is 65.3 Å². The van der Waals surface area contributed by atoms with E-state index in [4.69, 9.17) is 21.1 Å². The van der Waals surface area contributed by atoms with E-state index in [1.165, 1.54) is 42.2 Å². The van der Waals surface area contributed by atoms with Gasteiger partial charge in [-0.05, 0) is 67.9 Å². The van der Waals surface area contributed by atoms with Crippen LogP contribution in [0.25, 0.3) is 0 Å². The van der Waals surface area contributed by atoms with Crippen LogP contribution in [-0.2, 0) is 36.5 Å². The van der Waals surface area contributed by atoms with E-state index in [1.807, 2.05) is 0 Å². The zero-order valence-corrected chi connectivity index (χ0v) is 31.0. The maximum absolute atomic E-state index is 15.6. The number of likely N-dealkylation sites (N-methyl/N-ethyl adjacent to an activating group) is 2. The number of carbonyl (C=O) groups excluding carboxylic acids is 2. The number of nitrogens with zero attached hydrogens (tertiary/aromatic N) is 4. The van der Waals surface area contributed by atoms with Crippen LogP contribution in [0.2, 0.25) is 5.02 Å². The molecule has 5 rings (SSSR count). The summed E-state index contributed by atoms with van der Waals surface area (Å²) in [7, 11) is 1.93. The van der Waals surface area contributed by atoms with Crippen molar-refractivity contribution in [1.29, 1.82) is 0 Å². The quantitative estimate of drug-likeness (QED) is 0.273. The Balaban J connectivity index is 1.87. The average Bonchev–Trinajstić information content (AvgIpc) is 3.34. The number of carboxylic acid groups (broad SMARTS) is 1. The largest absolute Gasteiger partial charge is 0.573 e. The van der Waals surface area contributed by atoms with Gasteiger partial charge in [-0.1, -0.05) is 24.1 Å². The van der Waals surface area contributed by atoms with Gasteiger partial charge in [-0.2, -0.15) is 0 Å². The third-order valence-electron chi connectivity index (χ3n) is 9.13. The number of methoxy groups -OCH3 is 2. The summed E-state index contributed by atoms with van der Waals surface area (Å²) in [5, 5.41) is 9.48. The number of piperidine rings is 1. The number of benzene rings is 3. The number of anilines is 1. The number of carboxylic acids is 1. The number of carbonyl (C=O) groups is 3. The highest BCUT2D eigenvalue weighted by atomic mass is 35.5. The highest BCUT2D eigenvalue weighted by molar-refractivity contribution is 7.93. The summed E-state index contributed by atoms with van der Waals surface area (Å²) in [6.45, 7) is -0.152. The standard InChI is InChI=1S/C35H38ClF3N4O9S/c1-40(2)32(46)27-8-6-7-15-42(27)34(25-16-21(9-13-28(25)51-5)19-41(3)20-31(44)45)24-17-22(36)10-12-26(24)43(33(34)47)53(48,49)30-14-11-23(50-4)18-29(30)52-35(37,38)39/h9-14,16-18,27H,6-8,15,19-20H2,1-5H3,(H,44,45)/t27-,34?/m0/s1. The maximum Gasteiger partial charge on any atom is 0.573 e. The predicted octanol–water partition coefficient (Wildman–Crippen LogP) is 4.69. The summed E-state index contributed by atoms with van der Waals surface area (Å²) in [4.78, 5) is 44.5. The van der Waals surface area contributed by atoms with Gasteiger partial charge < -0.3 is 24.2 Å². The molecule has 1 saturated heterocycles. The van der Waals surface area contributed by atoms with Gasteiger partial charge in [0.2, 0.25) is 5.91 Å². The summed E-state index contributed by atoms with van der Waals surface area (Å²) < 4.78 is 86.1. The normalized spacial score (nSPS) is 19.2. The molecule has 1 N–H and O–H groups in total. The molecule has 0 radical (unpaired) electrons. The van der Waals surface area contributed by atoms with Gasteiger partial charge >= 0.3 is 12.3 Å². The van der Waals surface area contributed by atoms with Crippen LogP contribution in [-0.4, -0.2) is 107 Å². The lowest BCUT2D eigenvalue weighted by molar-refractivity contribution is -0.275. The molecule has 286 valence electrons. The monoisotopic (exact) mass is 782 g/mol. The highest BCUT2D eigenvalue weighted by Gasteiger charge is 2.63. The number of rotatable bonds is 12. The summed E-state index contributed by atoms with van der Waals surface area (Å²) in [6, 6.07) is 10.5. The topological polar surface area (TPSA) is 146 Å². The first kappa shape index (κ1) is 39.6. The molecule has 2 amide bonds. The van der Waals surface area contributed by atoms with Crippen LogP contribution in [0.5, 0.6) is 17.2 Å². The van der Waals surface area contributed by atoms with Gasteiger partial charge in [0.15, 0.2) is 11.3 Å². The molecule has 2 aliphatic rings. The van der Waals surface area contributed by atoms with Crippen molar-refractivity contribution in [2.75, 3.05) is 52.8 Å². The second-order valence-electron chi connectivity index (χ2n) is 12.8. The van der Waals surface area contributed by atoms with Gasteiger partial charge in [0.1, 0.15) is 16.4 Å². The van der Waals surface area contributed by atoms with Crippen molar-refractivity contribution >= 4 is 45.1 Å². The minimum Gasteiger partial charge on any atom is -0.497 e. The summed E-state index contributed by atoms with van der Waals surface area (Å²) >= 11 is 6.58. The molecule has 13 nitrogen and oxygen atoms in total. The molecular weight excluding hydrogens is 745 g/mol. The minimum absolute atomic E-state index is 0.0261. The molecule has 2 heterocycles. The van der Waals surface area contributed by atoms with Crippen LogP contribution in [0.3, 0.4) is 0 Å². The lowest BCUT2D eigenvalue weighted by atomic mass is 9.78. The van der Waals surface area contributed by atoms with Gasteiger partial charge in [0, 0.05) is 49.4 Å². The van der Waals surface area contributed by atoms with E-state index in [0.717, 1.165) is 18.2 Å². The Morgan fingerprint density at radius 3 is 2.32 bits per heavy atom. The van der Waals surface area contributed by atoms with Gasteiger partial charge in [-0.3, -0.25) is 24.2 Å². The van der Waals surface area contributed by atoms with Crippen molar-refractivity contribution in [3.63, 3.8) is 0 Å². The van der Waals surface area contributed by atoms with E-state index in [1.54, 1.807) is 44.2 Å². The van der Waals surface area contributed by atoms with E-state index in [2.05, 4.69) is 4.74 Å². The molecule has 2 atom stereocenters. The van der Waals surface area contributed by atoms with Gasteiger partial charge in [0.25, 0.3) is 15.9 Å². The third-order valence-corrected chi connectivity index (χ3v) is 11.1. The fourth-order valence-electron chi connectivity index (χ4n) is 7.03. The third kappa shape index (κ3) is 7.47. The number of aliphatic carboxylic acids is 1. The van der Waals surface area contributed by atoms with Crippen LogP contribution < -0.4 is 18.5 Å². The van der Waals surface area contributed by atoms with Crippen molar-refractivity contribution in [2.45, 2.75) is 48.6 Å². The second kappa shape index (κ2) is 15.0. The van der Waals surface area contributed by atoms with Gasteiger partial charge in [-0.15, -0.1) is 13.2 Å². The number of likely N-dealkylation sites (tertiary alicyclic amines) is 1. The SMILES string of the molecule is COc1ccc(S(=O)(=O)N2C(=O)C(c3cc(CN(C)CC(=O)O)ccc3OC)(N3CCCC[C@H]3C(=O)N(C)C)c3cc(Cl)ccc32)c(OC(F)(F)F)c1. The lowest BCUT2D eigenvalue weighted by Gasteiger charge is -2.47. The van der Waals surface area contributed by atoms with Crippen LogP contribution in [0, 0.1) is 0 Å². The molecule has 53 heavy (non-hydrogen) atoms. The molecular formula is C35H38ClF3N4O9S. The number of amides is 2. The minimum atomic E-state index is -5.32. The number of fused-ring (bicyclic) bond motifs is 1. The number of ether oxygens (including phenoxy) is 3. The molecule has 3 aromatic carbocycles. The molecule has 18 heteroatoms. The molecule has 2 aliphatic heterocycles. The van der Waals surface area contributed by atoms with E-state index < -0.39 is 50.5 Å². The first-order valence-electron chi connectivity index (χ1n) is 16.3. The molecule has 0 bridgehead atoms. The zero-order chi connectivity index (χ0) is 39.0. The predicted molar refractivity (Wildman–Crippen MR) is 187 cm³/mol. The summed E-state index contributed by atoms with van der Waals surface area (Å²) in [5.41, 5.74) is -1.77. The summed E-state index contributed by atoms with van der Waals surface area (Å²) in [6.07, 6.45) is -3.97. The molecule has 0 saturated carbocycles. The fourth-order valence-corrected chi connectivity index (χ4v) is 8.76. The number of hydrogen-bond donors (Lipinski definition) is 1. The number of hydrogen-bond acceptors (Lipinski definition) is 10. The number of halogens is 4. The Bertz CT molecular complexity index is 2030.